The van der Waals surface area contributed by atoms with Crippen LogP contribution >= 0.6 is 0 Å². The zero-order valence-corrected chi connectivity index (χ0v) is 12.1. The minimum atomic E-state index is 0.448. The molecule has 0 spiro atoms. The Morgan fingerprint density at radius 3 is 2.90 bits per heavy atom. The highest BCUT2D eigenvalue weighted by molar-refractivity contribution is 5.76. The molecule has 0 aliphatic rings. The summed E-state index contributed by atoms with van der Waals surface area (Å²) in [6.45, 7) is 8.67. The molecule has 0 unspecified atom stereocenters. The predicted octanol–water partition coefficient (Wildman–Crippen LogP) is 1.84. The molecule has 7 nitrogen and oxygen atoms in total. The highest BCUT2D eigenvalue weighted by Gasteiger charge is 2.10. The number of anilines is 1. The van der Waals surface area contributed by atoms with Gasteiger partial charge in [0.05, 0.1) is 12.9 Å². The van der Waals surface area contributed by atoms with E-state index in [-0.39, 0.29) is 0 Å². The maximum Gasteiger partial charge on any atom is 0.245 e. The van der Waals surface area contributed by atoms with Gasteiger partial charge >= 0.3 is 0 Å². The quantitative estimate of drug-likeness (QED) is 0.717. The average molecular weight is 279 g/mol. The second kappa shape index (κ2) is 7.04. The van der Waals surface area contributed by atoms with E-state index in [1.54, 1.807) is 6.33 Å². The number of imidazole rings is 1. The summed E-state index contributed by atoms with van der Waals surface area (Å²) in [7, 11) is 0. The van der Waals surface area contributed by atoms with Gasteiger partial charge in [-0.15, -0.1) is 0 Å². The van der Waals surface area contributed by atoms with Crippen molar-refractivity contribution >= 4 is 17.1 Å². The van der Waals surface area contributed by atoms with Crippen molar-refractivity contribution in [3.05, 3.63) is 6.33 Å². The summed E-state index contributed by atoms with van der Waals surface area (Å²) in [6.07, 6.45) is 1.58. The van der Waals surface area contributed by atoms with Crippen molar-refractivity contribution in [3.63, 3.8) is 0 Å². The molecule has 0 radical (unpaired) electrons. The summed E-state index contributed by atoms with van der Waals surface area (Å²) in [4.78, 5) is 15.7. The molecule has 2 aromatic rings. The van der Waals surface area contributed by atoms with Gasteiger partial charge in [0.2, 0.25) is 11.8 Å². The second-order valence-corrected chi connectivity index (χ2v) is 4.80. The van der Waals surface area contributed by atoms with E-state index in [4.69, 9.17) is 9.47 Å². The molecule has 0 aliphatic heterocycles. The van der Waals surface area contributed by atoms with Gasteiger partial charge < -0.3 is 19.8 Å². The lowest BCUT2D eigenvalue weighted by atomic mass is 10.2. The largest absolute Gasteiger partial charge is 0.474 e. The number of rotatable bonds is 8. The summed E-state index contributed by atoms with van der Waals surface area (Å²) >= 11 is 0. The first-order chi connectivity index (χ1) is 9.70. The van der Waals surface area contributed by atoms with Gasteiger partial charge in [-0.1, -0.05) is 13.8 Å². The van der Waals surface area contributed by atoms with Gasteiger partial charge in [-0.3, -0.25) is 0 Å². The summed E-state index contributed by atoms with van der Waals surface area (Å²) in [5, 5.41) is 3.06. The van der Waals surface area contributed by atoms with E-state index in [0.717, 1.165) is 13.2 Å². The van der Waals surface area contributed by atoms with E-state index in [9.17, 15) is 0 Å². The first kappa shape index (κ1) is 14.5. The molecule has 0 aromatic carbocycles. The molecule has 0 atom stereocenters. The van der Waals surface area contributed by atoms with E-state index < -0.39 is 0 Å². The van der Waals surface area contributed by atoms with E-state index in [0.29, 0.717) is 42.1 Å². The van der Waals surface area contributed by atoms with Crippen LogP contribution in [0.25, 0.3) is 11.2 Å². The van der Waals surface area contributed by atoms with E-state index in [2.05, 4.69) is 39.1 Å². The highest BCUT2D eigenvalue weighted by Crippen LogP contribution is 2.20. The van der Waals surface area contributed by atoms with Crippen molar-refractivity contribution in [2.45, 2.75) is 20.8 Å². The highest BCUT2D eigenvalue weighted by atomic mass is 16.5. The molecule has 20 heavy (non-hydrogen) atoms. The van der Waals surface area contributed by atoms with E-state index in [1.165, 1.54) is 0 Å². The Hall–Kier alpha value is -1.89. The van der Waals surface area contributed by atoms with Crippen LogP contribution in [0.5, 0.6) is 5.88 Å². The van der Waals surface area contributed by atoms with Gasteiger partial charge in [0.1, 0.15) is 12.1 Å². The molecular formula is C13H21N5O2. The molecule has 110 valence electrons. The van der Waals surface area contributed by atoms with E-state index in [1.807, 2.05) is 6.92 Å². The number of ether oxygens (including phenoxy) is 2. The van der Waals surface area contributed by atoms with Crippen LogP contribution < -0.4 is 10.1 Å². The normalized spacial score (nSPS) is 11.2. The third kappa shape index (κ3) is 3.80. The second-order valence-electron chi connectivity index (χ2n) is 4.80. The lowest BCUT2D eigenvalue weighted by molar-refractivity contribution is 0.0810. The van der Waals surface area contributed by atoms with Crippen molar-refractivity contribution in [1.29, 1.82) is 0 Å². The molecule has 0 fully saturated rings. The standard InChI is InChI=1S/C13H21N5O2/c1-4-14-13-17-11-10(15-8-16-11)12(18-13)20-6-5-19-7-9(2)3/h8-9H,4-7H2,1-3H3,(H2,14,15,16,17,18). The average Bonchev–Trinajstić information content (AvgIpc) is 2.86. The third-order valence-corrected chi connectivity index (χ3v) is 2.50. The lowest BCUT2D eigenvalue weighted by Crippen LogP contribution is -2.12. The van der Waals surface area contributed by atoms with Crippen molar-refractivity contribution in [2.24, 2.45) is 5.92 Å². The van der Waals surface area contributed by atoms with Crippen LogP contribution in [0.1, 0.15) is 20.8 Å². The first-order valence-electron chi connectivity index (χ1n) is 6.86. The monoisotopic (exact) mass is 279 g/mol. The fourth-order valence-electron chi connectivity index (χ4n) is 1.66. The minimum absolute atomic E-state index is 0.448. The van der Waals surface area contributed by atoms with Crippen LogP contribution in [-0.4, -0.2) is 46.3 Å². The molecule has 2 heterocycles. The van der Waals surface area contributed by atoms with Crippen LogP contribution in [0.3, 0.4) is 0 Å². The smallest absolute Gasteiger partial charge is 0.245 e. The van der Waals surface area contributed by atoms with Crippen LogP contribution in [0.15, 0.2) is 6.33 Å². The van der Waals surface area contributed by atoms with E-state index >= 15 is 0 Å². The number of hydrogen-bond acceptors (Lipinski definition) is 6. The molecular weight excluding hydrogens is 258 g/mol. The first-order valence-corrected chi connectivity index (χ1v) is 6.86. The summed E-state index contributed by atoms with van der Waals surface area (Å²) < 4.78 is 11.1. The molecule has 2 N–H and O–H groups in total. The zero-order chi connectivity index (χ0) is 14.4. The molecule has 0 saturated carbocycles. The predicted molar refractivity (Wildman–Crippen MR) is 77.0 cm³/mol. The molecule has 0 aliphatic carbocycles. The van der Waals surface area contributed by atoms with Crippen molar-refractivity contribution in [2.75, 3.05) is 31.7 Å². The van der Waals surface area contributed by atoms with Crippen molar-refractivity contribution in [3.8, 4) is 5.88 Å². The summed E-state index contributed by atoms with van der Waals surface area (Å²) in [6, 6.07) is 0. The van der Waals surface area contributed by atoms with Gasteiger partial charge in [-0.25, -0.2) is 4.98 Å². The van der Waals surface area contributed by atoms with Gasteiger partial charge in [-0.2, -0.15) is 9.97 Å². The Balaban J connectivity index is 1.98. The Morgan fingerprint density at radius 2 is 2.15 bits per heavy atom. The fraction of sp³-hybridized carbons (Fsp3) is 0.615. The Bertz CT molecular complexity index is 541. The minimum Gasteiger partial charge on any atom is -0.474 e. The van der Waals surface area contributed by atoms with Gasteiger partial charge in [-0.05, 0) is 12.8 Å². The number of aromatic amines is 1. The zero-order valence-electron chi connectivity index (χ0n) is 12.1. The molecule has 0 bridgehead atoms. The molecule has 7 heteroatoms. The number of aromatic nitrogens is 4. The fourth-order valence-corrected chi connectivity index (χ4v) is 1.66. The Labute approximate surface area is 118 Å². The molecule has 0 saturated heterocycles. The number of H-pyrrole nitrogens is 1. The SMILES string of the molecule is CCNc1nc(OCCOCC(C)C)c2[nH]cnc2n1. The van der Waals surface area contributed by atoms with Crippen molar-refractivity contribution < 1.29 is 9.47 Å². The third-order valence-electron chi connectivity index (χ3n) is 2.50. The van der Waals surface area contributed by atoms with Gasteiger partial charge in [0.25, 0.3) is 0 Å². The topological polar surface area (TPSA) is 85.0 Å². The number of fused-ring (bicyclic) bond motifs is 1. The van der Waals surface area contributed by atoms with Gasteiger partial charge in [0.15, 0.2) is 5.65 Å². The maximum atomic E-state index is 5.66. The molecule has 2 rings (SSSR count). The summed E-state index contributed by atoms with van der Waals surface area (Å²) in [5.41, 5.74) is 1.30. The number of nitrogens with one attached hydrogen (secondary N) is 2. The number of hydrogen-bond donors (Lipinski definition) is 2. The van der Waals surface area contributed by atoms with Crippen LogP contribution in [0, 0.1) is 5.92 Å². The molecule has 0 amide bonds. The Morgan fingerprint density at radius 1 is 1.30 bits per heavy atom. The van der Waals surface area contributed by atoms with Crippen LogP contribution in [0.4, 0.5) is 5.95 Å². The van der Waals surface area contributed by atoms with Crippen LogP contribution in [0.2, 0.25) is 0 Å². The summed E-state index contributed by atoms with van der Waals surface area (Å²) in [5.74, 6) is 1.54. The maximum absolute atomic E-state index is 5.66. The van der Waals surface area contributed by atoms with Crippen molar-refractivity contribution in [1.82, 2.24) is 19.9 Å². The van der Waals surface area contributed by atoms with Crippen LogP contribution in [-0.2, 0) is 4.74 Å². The van der Waals surface area contributed by atoms with Gasteiger partial charge in [0, 0.05) is 13.2 Å². The lowest BCUT2D eigenvalue weighted by Gasteiger charge is -2.09. The Kier molecular flexibility index (Phi) is 5.11. The number of nitrogens with zero attached hydrogens (tertiary/aromatic N) is 3. The molecule has 2 aromatic heterocycles.